The molecule has 126 valence electrons. The van der Waals surface area contributed by atoms with Crippen LogP contribution in [0.25, 0.3) is 22.3 Å². The summed E-state index contributed by atoms with van der Waals surface area (Å²) in [5, 5.41) is 0. The Bertz CT molecular complexity index is 1010. The van der Waals surface area contributed by atoms with Crippen LogP contribution in [0.4, 0.5) is 5.95 Å². The molecule has 3 aromatic rings. The van der Waals surface area contributed by atoms with E-state index >= 15 is 0 Å². The van der Waals surface area contributed by atoms with Gasteiger partial charge in [-0.25, -0.2) is 14.8 Å². The van der Waals surface area contributed by atoms with Crippen molar-refractivity contribution in [1.82, 2.24) is 19.9 Å². The molecule has 2 aromatic heterocycles. The molecule has 0 radical (unpaired) electrons. The Morgan fingerprint density at radius 2 is 2.08 bits per heavy atom. The van der Waals surface area contributed by atoms with E-state index in [-0.39, 0.29) is 8.54 Å². The first-order valence-electron chi connectivity index (χ1n) is 8.58. The molecule has 6 nitrogen and oxygen atoms in total. The van der Waals surface area contributed by atoms with Crippen LogP contribution >= 0.6 is 0 Å². The zero-order valence-electron chi connectivity index (χ0n) is 13.6. The second kappa shape index (κ2) is 4.93. The fourth-order valence-electron chi connectivity index (χ4n) is 3.78. The van der Waals surface area contributed by atoms with Gasteiger partial charge in [-0.05, 0) is 44.7 Å². The number of hydrogen-bond donors (Lipinski definition) is 2. The van der Waals surface area contributed by atoms with Gasteiger partial charge < -0.3 is 14.9 Å². The number of hydrogen-bond acceptors (Lipinski definition) is 4. The normalized spacial score (nSPS) is 19.5. The minimum Gasteiger partial charge on any atom is -0.338 e. The van der Waals surface area contributed by atoms with Crippen molar-refractivity contribution in [2.24, 2.45) is 0 Å². The van der Waals surface area contributed by atoms with E-state index < -0.39 is 0 Å². The van der Waals surface area contributed by atoms with Crippen LogP contribution in [0, 0.1) is 0 Å². The van der Waals surface area contributed by atoms with Gasteiger partial charge in [0.2, 0.25) is 5.95 Å². The highest BCUT2D eigenvalue weighted by Crippen LogP contribution is 2.34. The van der Waals surface area contributed by atoms with E-state index in [1.807, 2.05) is 18.2 Å². The molecule has 1 fully saturated rings. The monoisotopic (exact) mass is 325 g/mol. The number of aromatic amines is 2. The molecule has 0 saturated carbocycles. The van der Waals surface area contributed by atoms with Gasteiger partial charge in [-0.3, -0.25) is 0 Å². The summed E-state index contributed by atoms with van der Waals surface area (Å²) in [4.78, 5) is 29.2. The number of nitrogens with one attached hydrogen (secondary N) is 2. The van der Waals surface area contributed by atoms with Gasteiger partial charge in [-0.2, -0.15) is 0 Å². The van der Waals surface area contributed by atoms with Gasteiger partial charge >= 0.3 is 5.69 Å². The quantitative estimate of drug-likeness (QED) is 0.759. The highest BCUT2D eigenvalue weighted by molar-refractivity contribution is 5.81. The van der Waals surface area contributed by atoms with Crippen LogP contribution in [0.5, 0.6) is 0 Å². The van der Waals surface area contributed by atoms with E-state index in [1.54, 1.807) is 0 Å². The predicted molar refractivity (Wildman–Crippen MR) is 97.6 cm³/mol. The first kappa shape index (κ1) is 13.8. The van der Waals surface area contributed by atoms with Crippen molar-refractivity contribution in [2.75, 3.05) is 11.4 Å². The number of fused-ring (bicyclic) bond motifs is 2. The molecule has 1 aliphatic carbocycles. The zero-order valence-corrected chi connectivity index (χ0v) is 13.6. The van der Waals surface area contributed by atoms with Crippen LogP contribution < -0.4 is 10.6 Å². The van der Waals surface area contributed by atoms with Crippen molar-refractivity contribution < 1.29 is 2.85 Å². The Morgan fingerprint density at radius 3 is 2.88 bits per heavy atom. The molecular formula is C18H23N5O. The molecule has 24 heavy (non-hydrogen) atoms. The maximum absolute atomic E-state index is 11.5. The number of H-pyrrole nitrogens is 2. The second-order valence-electron chi connectivity index (χ2n) is 6.82. The van der Waals surface area contributed by atoms with Gasteiger partial charge in [-0.1, -0.05) is 6.07 Å². The average molecular weight is 325 g/mol. The van der Waals surface area contributed by atoms with Gasteiger partial charge in [0.05, 0.1) is 16.7 Å². The van der Waals surface area contributed by atoms with Crippen LogP contribution in [-0.2, 0) is 12.8 Å². The number of imidazole rings is 1. The van der Waals surface area contributed by atoms with Crippen LogP contribution in [0.3, 0.4) is 0 Å². The van der Waals surface area contributed by atoms with Gasteiger partial charge in [0.1, 0.15) is 0 Å². The van der Waals surface area contributed by atoms with Gasteiger partial charge in [0.25, 0.3) is 0 Å². The van der Waals surface area contributed by atoms with E-state index in [0.29, 0.717) is 6.04 Å². The van der Waals surface area contributed by atoms with E-state index in [1.165, 1.54) is 17.7 Å². The highest BCUT2D eigenvalue weighted by Gasteiger charge is 2.29. The summed E-state index contributed by atoms with van der Waals surface area (Å²) in [5.41, 5.74) is 6.00. The van der Waals surface area contributed by atoms with Crippen molar-refractivity contribution in [3.05, 3.63) is 39.9 Å². The van der Waals surface area contributed by atoms with Gasteiger partial charge in [0.15, 0.2) is 0 Å². The highest BCUT2D eigenvalue weighted by atomic mass is 16.1. The summed E-state index contributed by atoms with van der Waals surface area (Å²) in [6.07, 6.45) is 4.40. The Kier molecular flexibility index (Phi) is 2.83. The van der Waals surface area contributed by atoms with Gasteiger partial charge in [0, 0.05) is 32.3 Å². The third-order valence-corrected chi connectivity index (χ3v) is 5.29. The summed E-state index contributed by atoms with van der Waals surface area (Å²) in [6, 6.07) is 6.51. The molecular weight excluding hydrogens is 302 g/mol. The van der Waals surface area contributed by atoms with Crippen molar-refractivity contribution in [1.29, 1.82) is 0 Å². The number of anilines is 1. The Morgan fingerprint density at radius 1 is 1.21 bits per heavy atom. The fraction of sp³-hybridized carbons (Fsp3) is 0.389. The fourth-order valence-corrected chi connectivity index (χ4v) is 3.78. The summed E-state index contributed by atoms with van der Waals surface area (Å²) in [5.74, 6) is 0.854. The summed E-state index contributed by atoms with van der Waals surface area (Å²) < 4.78 is 0. The number of nitrogens with zero attached hydrogens (tertiary/aromatic N) is 3. The Balaban J connectivity index is 0.000000980. The third-order valence-electron chi connectivity index (χ3n) is 5.29. The topological polar surface area (TPSA) is 77.7 Å². The SMILES string of the molecule is C[C@H]1CCN1c1nc2c(c(-c3ccc4[nH]c(=O)[nH]c4c3)n1)CCC2.[HH].[HH]. The summed E-state index contributed by atoms with van der Waals surface area (Å²) >= 11 is 0. The molecule has 0 amide bonds. The number of rotatable bonds is 2. The van der Waals surface area contributed by atoms with Crippen LogP contribution in [0.15, 0.2) is 23.0 Å². The predicted octanol–water partition coefficient (Wildman–Crippen LogP) is 2.89. The number of benzene rings is 1. The largest absolute Gasteiger partial charge is 0.338 e. The maximum Gasteiger partial charge on any atom is 0.323 e. The summed E-state index contributed by atoms with van der Waals surface area (Å²) in [6.45, 7) is 3.25. The minimum absolute atomic E-state index is 0. The molecule has 6 heteroatoms. The van der Waals surface area contributed by atoms with Crippen LogP contribution in [-0.4, -0.2) is 32.5 Å². The lowest BCUT2D eigenvalue weighted by Gasteiger charge is -2.39. The van der Waals surface area contributed by atoms with Crippen LogP contribution in [0.2, 0.25) is 0 Å². The zero-order chi connectivity index (χ0) is 16.3. The molecule has 3 heterocycles. The first-order valence-corrected chi connectivity index (χ1v) is 8.58. The second-order valence-corrected chi connectivity index (χ2v) is 6.82. The molecule has 0 spiro atoms. The average Bonchev–Trinajstić information content (AvgIpc) is 3.16. The lowest BCUT2D eigenvalue weighted by Crippen LogP contribution is -2.46. The molecule has 0 bridgehead atoms. The number of aromatic nitrogens is 4. The molecule has 1 saturated heterocycles. The lowest BCUT2D eigenvalue weighted by atomic mass is 10.0. The van der Waals surface area contributed by atoms with E-state index in [4.69, 9.17) is 9.97 Å². The Hall–Kier alpha value is -2.63. The first-order chi connectivity index (χ1) is 11.7. The minimum atomic E-state index is -0.176. The van der Waals surface area contributed by atoms with Crippen molar-refractivity contribution >= 4 is 17.0 Å². The summed E-state index contributed by atoms with van der Waals surface area (Å²) in [7, 11) is 0. The van der Waals surface area contributed by atoms with Crippen molar-refractivity contribution in [3.8, 4) is 11.3 Å². The van der Waals surface area contributed by atoms with E-state index in [0.717, 1.165) is 54.0 Å². The molecule has 1 atom stereocenters. The lowest BCUT2D eigenvalue weighted by molar-refractivity contribution is 0.470. The van der Waals surface area contributed by atoms with E-state index in [2.05, 4.69) is 21.8 Å². The molecule has 0 unspecified atom stereocenters. The molecule has 1 aromatic carbocycles. The number of aryl methyl sites for hydroxylation is 1. The van der Waals surface area contributed by atoms with Crippen molar-refractivity contribution in [3.63, 3.8) is 0 Å². The maximum atomic E-state index is 11.5. The molecule has 1 aliphatic heterocycles. The Labute approximate surface area is 141 Å². The van der Waals surface area contributed by atoms with Crippen molar-refractivity contribution in [2.45, 2.75) is 38.6 Å². The van der Waals surface area contributed by atoms with Gasteiger partial charge in [-0.15, -0.1) is 0 Å². The third kappa shape index (κ3) is 1.99. The van der Waals surface area contributed by atoms with E-state index in [9.17, 15) is 4.79 Å². The standard InChI is InChI=1S/C18H19N5O.2H2/c1-10-7-8-23(10)17-19-13-4-2-3-12(13)16(22-17)11-5-6-14-15(9-11)21-18(24)20-14;;/h5-6,9-10H,2-4,7-8H2,1H3,(H2,20,21,24);2*1H/t10-;;/m0../s1. The molecule has 2 N–H and O–H groups in total. The molecule has 2 aliphatic rings. The molecule has 5 rings (SSSR count). The smallest absolute Gasteiger partial charge is 0.323 e. The van der Waals surface area contributed by atoms with Crippen LogP contribution in [0.1, 0.15) is 33.9 Å².